The summed E-state index contributed by atoms with van der Waals surface area (Å²) in [5.74, 6) is 2.19. The molecule has 0 spiro atoms. The van der Waals surface area contributed by atoms with Gasteiger partial charge in [0.2, 0.25) is 5.91 Å². The molecule has 6 rings (SSSR count). The van der Waals surface area contributed by atoms with Crippen molar-refractivity contribution in [3.8, 4) is 22.5 Å². The molecule has 1 aliphatic rings. The molecule has 8 nitrogen and oxygen atoms in total. The predicted molar refractivity (Wildman–Crippen MR) is 153 cm³/mol. The second-order valence-electron chi connectivity index (χ2n) is 10.3. The summed E-state index contributed by atoms with van der Waals surface area (Å²) < 4.78 is 7.03. The Hall–Kier alpha value is -4.30. The Morgan fingerprint density at radius 3 is 2.62 bits per heavy atom. The molecule has 0 aliphatic heterocycles. The molecule has 0 atom stereocenters. The van der Waals surface area contributed by atoms with Crippen LogP contribution in [0.2, 0.25) is 0 Å². The summed E-state index contributed by atoms with van der Waals surface area (Å²) in [6, 6.07) is 20.6. The number of pyridine rings is 1. The molecule has 3 N–H and O–H groups in total. The number of ether oxygens (including phenoxy) is 1. The van der Waals surface area contributed by atoms with Crippen molar-refractivity contribution in [3.05, 3.63) is 78.9 Å². The molecular formula is C31H32N6O2. The first kappa shape index (κ1) is 25.0. The van der Waals surface area contributed by atoms with Crippen LogP contribution in [0, 0.1) is 5.92 Å². The number of imidazole rings is 1. The fraction of sp³-hybridized carbons (Fsp3) is 0.290. The van der Waals surface area contributed by atoms with E-state index in [1.54, 1.807) is 6.20 Å². The summed E-state index contributed by atoms with van der Waals surface area (Å²) >= 11 is 0. The quantitative estimate of drug-likeness (QED) is 0.304. The molecule has 1 fully saturated rings. The van der Waals surface area contributed by atoms with Crippen molar-refractivity contribution >= 4 is 28.1 Å². The van der Waals surface area contributed by atoms with Crippen LogP contribution in [0.4, 0.5) is 5.82 Å². The first-order chi connectivity index (χ1) is 19.1. The van der Waals surface area contributed by atoms with Gasteiger partial charge >= 0.3 is 0 Å². The molecule has 1 amide bonds. The van der Waals surface area contributed by atoms with Crippen LogP contribution in [0.3, 0.4) is 0 Å². The van der Waals surface area contributed by atoms with E-state index in [0.29, 0.717) is 24.2 Å². The number of rotatable bonds is 7. The highest BCUT2D eigenvalue weighted by Gasteiger charge is 2.28. The van der Waals surface area contributed by atoms with Gasteiger partial charge in [-0.1, -0.05) is 48.5 Å². The number of nitrogens with two attached hydrogens (primary N) is 1. The van der Waals surface area contributed by atoms with Gasteiger partial charge in [0.25, 0.3) is 0 Å². The summed E-state index contributed by atoms with van der Waals surface area (Å²) in [6.07, 6.45) is 7.77. The molecule has 1 saturated carbocycles. The first-order valence-corrected chi connectivity index (χ1v) is 13.5. The molecule has 1 aliphatic carbocycles. The Morgan fingerprint density at radius 2 is 1.82 bits per heavy atom. The van der Waals surface area contributed by atoms with Crippen molar-refractivity contribution in [2.75, 3.05) is 26.0 Å². The molecule has 5 aromatic rings. The normalized spacial score (nSPS) is 17.5. The van der Waals surface area contributed by atoms with Crippen molar-refractivity contribution in [1.29, 1.82) is 0 Å². The highest BCUT2D eigenvalue weighted by Crippen LogP contribution is 2.39. The largest absolute Gasteiger partial charge is 0.382 e. The third-order valence-electron chi connectivity index (χ3n) is 7.72. The number of carbonyl (C=O) groups excluding carboxylic acids is 1. The Kier molecular flexibility index (Phi) is 6.94. The molecule has 2 aromatic carbocycles. The van der Waals surface area contributed by atoms with E-state index in [1.165, 1.54) is 7.11 Å². The number of aromatic nitrogens is 4. The lowest BCUT2D eigenvalue weighted by atomic mass is 9.81. The van der Waals surface area contributed by atoms with Crippen molar-refractivity contribution in [3.63, 3.8) is 0 Å². The average molecular weight is 521 g/mol. The van der Waals surface area contributed by atoms with Crippen molar-refractivity contribution in [2.24, 2.45) is 5.92 Å². The maximum absolute atomic E-state index is 11.8. The van der Waals surface area contributed by atoms with E-state index in [2.05, 4.69) is 57.2 Å². The van der Waals surface area contributed by atoms with Gasteiger partial charge in [0.1, 0.15) is 29.5 Å². The van der Waals surface area contributed by atoms with Crippen molar-refractivity contribution in [1.82, 2.24) is 24.7 Å². The Bertz CT molecular complexity index is 1620. The maximum atomic E-state index is 11.8. The fourth-order valence-electron chi connectivity index (χ4n) is 5.68. The monoisotopic (exact) mass is 520 g/mol. The average Bonchev–Trinajstić information content (AvgIpc) is 3.37. The molecule has 198 valence electrons. The molecule has 8 heteroatoms. The molecule has 39 heavy (non-hydrogen) atoms. The number of amides is 1. The highest BCUT2D eigenvalue weighted by molar-refractivity contribution is 5.91. The molecule has 3 aromatic heterocycles. The maximum Gasteiger partial charge on any atom is 0.245 e. The number of nitrogens with zero attached hydrogens (tertiary/aromatic N) is 4. The van der Waals surface area contributed by atoms with Crippen LogP contribution in [0.25, 0.3) is 38.9 Å². The minimum atomic E-state index is -0.0627. The predicted octanol–water partition coefficient (Wildman–Crippen LogP) is 5.23. The highest BCUT2D eigenvalue weighted by atomic mass is 16.5. The lowest BCUT2D eigenvalue weighted by Crippen LogP contribution is -2.33. The van der Waals surface area contributed by atoms with Gasteiger partial charge in [-0.2, -0.15) is 0 Å². The number of benzene rings is 2. The minimum absolute atomic E-state index is 0.0627. The molecule has 0 radical (unpaired) electrons. The molecular weight excluding hydrogens is 488 g/mol. The number of anilines is 1. The van der Waals surface area contributed by atoms with Crippen molar-refractivity contribution < 1.29 is 9.53 Å². The van der Waals surface area contributed by atoms with E-state index in [-0.39, 0.29) is 12.5 Å². The standard InChI is InChI=1S/C31H32N6O2/c1-39-19-27(38)34-18-20-7-9-23(10-8-20)31-36-28(29-30(32)33-15-16-37(29)31)24-12-11-22-13-14-25(35-26(22)17-24)21-5-3-2-4-6-21/h2-6,11-17,20,23H,7-10,18-19H2,1H3,(H2,32,33)(H,34,38). The summed E-state index contributed by atoms with van der Waals surface area (Å²) in [6.45, 7) is 0.792. The van der Waals surface area contributed by atoms with Crippen LogP contribution in [0.1, 0.15) is 37.4 Å². The van der Waals surface area contributed by atoms with Crippen LogP contribution in [0.15, 0.2) is 73.1 Å². The van der Waals surface area contributed by atoms with Gasteiger partial charge in [0.15, 0.2) is 0 Å². The topological polar surface area (TPSA) is 107 Å². The first-order valence-electron chi connectivity index (χ1n) is 13.5. The summed E-state index contributed by atoms with van der Waals surface area (Å²) in [5, 5.41) is 4.06. The van der Waals surface area contributed by atoms with E-state index in [4.69, 9.17) is 20.4 Å². The molecule has 0 unspecified atom stereocenters. The smallest absolute Gasteiger partial charge is 0.245 e. The van der Waals surface area contributed by atoms with E-state index >= 15 is 0 Å². The minimum Gasteiger partial charge on any atom is -0.382 e. The van der Waals surface area contributed by atoms with E-state index in [0.717, 1.165) is 70.4 Å². The number of hydrogen-bond acceptors (Lipinski definition) is 6. The van der Waals surface area contributed by atoms with Crippen molar-refractivity contribution in [2.45, 2.75) is 31.6 Å². The lowest BCUT2D eigenvalue weighted by molar-refractivity contribution is -0.124. The summed E-state index contributed by atoms with van der Waals surface area (Å²) in [7, 11) is 1.53. The van der Waals surface area contributed by atoms with Crippen LogP contribution < -0.4 is 11.1 Å². The zero-order valence-electron chi connectivity index (χ0n) is 22.0. The number of carbonyl (C=O) groups is 1. The Labute approximate surface area is 227 Å². The zero-order valence-corrected chi connectivity index (χ0v) is 22.0. The van der Waals surface area contributed by atoms with Gasteiger partial charge in [-0.3, -0.25) is 9.20 Å². The van der Waals surface area contributed by atoms with Crippen LogP contribution in [0.5, 0.6) is 0 Å². The fourth-order valence-corrected chi connectivity index (χ4v) is 5.68. The Balaban J connectivity index is 1.31. The second kappa shape index (κ2) is 10.8. The number of methoxy groups -OCH3 is 1. The van der Waals surface area contributed by atoms with Crippen LogP contribution >= 0.6 is 0 Å². The third-order valence-corrected chi connectivity index (χ3v) is 7.72. The zero-order chi connectivity index (χ0) is 26.8. The van der Waals surface area contributed by atoms with E-state index < -0.39 is 0 Å². The third kappa shape index (κ3) is 5.07. The van der Waals surface area contributed by atoms with Gasteiger partial charge < -0.3 is 15.8 Å². The molecule has 0 saturated heterocycles. The number of fused-ring (bicyclic) bond motifs is 2. The lowest BCUT2D eigenvalue weighted by Gasteiger charge is -2.28. The van der Waals surface area contributed by atoms with Gasteiger partial charge in [0.05, 0.1) is 11.2 Å². The summed E-state index contributed by atoms with van der Waals surface area (Å²) in [5.41, 5.74) is 12.0. The molecule has 0 bridgehead atoms. The van der Waals surface area contributed by atoms with Crippen LogP contribution in [-0.4, -0.2) is 45.5 Å². The number of nitrogen functional groups attached to an aromatic ring is 1. The van der Waals surface area contributed by atoms with E-state index in [9.17, 15) is 4.79 Å². The van der Waals surface area contributed by atoms with Gasteiger partial charge in [-0.15, -0.1) is 0 Å². The molecule has 3 heterocycles. The number of hydrogen-bond donors (Lipinski definition) is 2. The van der Waals surface area contributed by atoms with Gasteiger partial charge in [-0.25, -0.2) is 15.0 Å². The van der Waals surface area contributed by atoms with Gasteiger partial charge in [-0.05, 0) is 43.7 Å². The van der Waals surface area contributed by atoms with Crippen LogP contribution in [-0.2, 0) is 9.53 Å². The Morgan fingerprint density at radius 1 is 1.03 bits per heavy atom. The van der Waals surface area contributed by atoms with E-state index in [1.807, 2.05) is 24.4 Å². The second-order valence-corrected chi connectivity index (χ2v) is 10.3. The SMILES string of the molecule is COCC(=O)NCC1CCC(c2nc(-c3ccc4ccc(-c5ccccc5)nc4c3)c3c(N)nccn23)CC1. The summed E-state index contributed by atoms with van der Waals surface area (Å²) in [4.78, 5) is 26.3. The number of nitrogens with one attached hydrogen (secondary N) is 1. The van der Waals surface area contributed by atoms with Gasteiger partial charge in [0, 0.05) is 48.5 Å².